The van der Waals surface area contributed by atoms with Crippen LogP contribution >= 0.6 is 26.6 Å². The third-order valence-electron chi connectivity index (χ3n) is 2.98. The Morgan fingerprint density at radius 1 is 1.35 bits per heavy atom. The highest BCUT2D eigenvalue weighted by molar-refractivity contribution is 9.10. The zero-order chi connectivity index (χ0) is 14.8. The zero-order valence-corrected chi connectivity index (χ0v) is 13.7. The molecule has 2 rings (SSSR count). The summed E-state index contributed by atoms with van der Waals surface area (Å²) in [5, 5.41) is 0. The van der Waals surface area contributed by atoms with Crippen molar-refractivity contribution in [3.8, 4) is 5.75 Å². The van der Waals surface area contributed by atoms with Crippen molar-refractivity contribution in [2.75, 3.05) is 19.7 Å². The first-order valence-electron chi connectivity index (χ1n) is 6.03. The van der Waals surface area contributed by atoms with Gasteiger partial charge in [-0.25, -0.2) is 8.42 Å². The van der Waals surface area contributed by atoms with Crippen LogP contribution in [0.4, 0.5) is 0 Å². The van der Waals surface area contributed by atoms with Crippen molar-refractivity contribution in [1.29, 1.82) is 0 Å². The number of benzene rings is 1. The van der Waals surface area contributed by atoms with Gasteiger partial charge in [0.1, 0.15) is 10.6 Å². The molecule has 0 spiro atoms. The Morgan fingerprint density at radius 2 is 2.00 bits per heavy atom. The Balaban J connectivity index is 2.11. The van der Waals surface area contributed by atoms with Crippen molar-refractivity contribution in [3.63, 3.8) is 0 Å². The molecule has 1 aliphatic heterocycles. The minimum atomic E-state index is -3.93. The van der Waals surface area contributed by atoms with Gasteiger partial charge in [-0.1, -0.05) is 15.9 Å². The maximum atomic E-state index is 11.9. The largest absolute Gasteiger partial charge is 0.482 e. The molecule has 0 N–H and O–H groups in total. The number of nitrogens with zero attached hydrogens (tertiary/aromatic N) is 1. The second-order valence-electron chi connectivity index (χ2n) is 4.41. The minimum absolute atomic E-state index is 0.0794. The first-order valence-corrected chi connectivity index (χ1v) is 9.13. The first-order chi connectivity index (χ1) is 9.38. The Labute approximate surface area is 130 Å². The lowest BCUT2D eigenvalue weighted by molar-refractivity contribution is -0.132. The number of carbonyl (C=O) groups is 1. The Morgan fingerprint density at radius 3 is 2.60 bits per heavy atom. The highest BCUT2D eigenvalue weighted by Crippen LogP contribution is 2.30. The lowest BCUT2D eigenvalue weighted by Crippen LogP contribution is -2.32. The molecule has 0 radical (unpaired) electrons. The van der Waals surface area contributed by atoms with Gasteiger partial charge in [-0.05, 0) is 31.0 Å². The van der Waals surface area contributed by atoms with Crippen LogP contribution in [0, 0.1) is 0 Å². The van der Waals surface area contributed by atoms with Gasteiger partial charge in [0.05, 0.1) is 0 Å². The summed E-state index contributed by atoms with van der Waals surface area (Å²) in [6.45, 7) is 1.26. The number of hydrogen-bond donors (Lipinski definition) is 0. The molecule has 1 aromatic carbocycles. The molecule has 20 heavy (non-hydrogen) atoms. The summed E-state index contributed by atoms with van der Waals surface area (Å²) in [5.41, 5.74) is 0. The minimum Gasteiger partial charge on any atom is -0.482 e. The van der Waals surface area contributed by atoms with Gasteiger partial charge in [-0.3, -0.25) is 4.79 Å². The topological polar surface area (TPSA) is 63.7 Å². The van der Waals surface area contributed by atoms with E-state index in [9.17, 15) is 13.2 Å². The van der Waals surface area contributed by atoms with Crippen LogP contribution in [-0.4, -0.2) is 38.9 Å². The average molecular weight is 383 g/mol. The molecule has 1 heterocycles. The van der Waals surface area contributed by atoms with Gasteiger partial charge in [0, 0.05) is 28.2 Å². The molecule has 8 heteroatoms. The number of amides is 1. The van der Waals surface area contributed by atoms with E-state index in [1.54, 1.807) is 11.0 Å². The molecule has 1 aromatic rings. The number of likely N-dealkylation sites (tertiary alicyclic amines) is 1. The maximum Gasteiger partial charge on any atom is 0.265 e. The van der Waals surface area contributed by atoms with Crippen molar-refractivity contribution in [3.05, 3.63) is 22.7 Å². The van der Waals surface area contributed by atoms with E-state index < -0.39 is 9.05 Å². The fraction of sp³-hybridized carbons (Fsp3) is 0.417. The number of hydrogen-bond acceptors (Lipinski definition) is 4. The molecule has 110 valence electrons. The van der Waals surface area contributed by atoms with Gasteiger partial charge >= 0.3 is 0 Å². The second kappa shape index (κ2) is 6.32. The van der Waals surface area contributed by atoms with Crippen LogP contribution in [-0.2, 0) is 13.8 Å². The zero-order valence-electron chi connectivity index (χ0n) is 10.5. The number of carbonyl (C=O) groups excluding carboxylic acids is 1. The van der Waals surface area contributed by atoms with Crippen molar-refractivity contribution in [2.24, 2.45) is 0 Å². The molecule has 1 amide bonds. The maximum absolute atomic E-state index is 11.9. The molecule has 0 bridgehead atoms. The third-order valence-corrected chi connectivity index (χ3v) is 4.81. The number of halogens is 2. The van der Waals surface area contributed by atoms with E-state index in [-0.39, 0.29) is 23.2 Å². The smallest absolute Gasteiger partial charge is 0.265 e. The fourth-order valence-electron chi connectivity index (χ4n) is 1.99. The van der Waals surface area contributed by atoms with E-state index in [1.807, 2.05) is 0 Å². The summed E-state index contributed by atoms with van der Waals surface area (Å²) < 4.78 is 28.8. The lowest BCUT2D eigenvalue weighted by Gasteiger charge is -2.16. The second-order valence-corrected chi connectivity index (χ2v) is 7.86. The molecular weight excluding hydrogens is 370 g/mol. The molecule has 1 fully saturated rings. The standard InChI is InChI=1S/C12H13BrClNO4S/c13-9-3-4-10(11(7-9)20(14,17)18)19-8-12(16)15-5-1-2-6-15/h3-4,7H,1-2,5-6,8H2. The van der Waals surface area contributed by atoms with Crippen LogP contribution in [0.25, 0.3) is 0 Å². The first kappa shape index (κ1) is 15.6. The van der Waals surface area contributed by atoms with Gasteiger partial charge in [0.25, 0.3) is 15.0 Å². The van der Waals surface area contributed by atoms with Crippen molar-refractivity contribution < 1.29 is 17.9 Å². The van der Waals surface area contributed by atoms with E-state index in [0.717, 1.165) is 25.9 Å². The Bertz CT molecular complexity index is 614. The predicted molar refractivity (Wildman–Crippen MR) is 78.5 cm³/mol. The number of rotatable bonds is 4. The SMILES string of the molecule is O=C(COc1ccc(Br)cc1S(=O)(=O)Cl)N1CCCC1. The quantitative estimate of drug-likeness (QED) is 0.750. The molecule has 0 aromatic heterocycles. The lowest BCUT2D eigenvalue weighted by atomic mass is 10.3. The van der Waals surface area contributed by atoms with E-state index in [2.05, 4.69) is 15.9 Å². The normalized spacial score (nSPS) is 15.4. The Kier molecular flexibility index (Phi) is 4.93. The summed E-state index contributed by atoms with van der Waals surface area (Å²) >= 11 is 3.17. The van der Waals surface area contributed by atoms with Gasteiger partial charge < -0.3 is 9.64 Å². The van der Waals surface area contributed by atoms with Gasteiger partial charge in [-0.15, -0.1) is 0 Å². The van der Waals surface area contributed by atoms with E-state index in [0.29, 0.717) is 4.47 Å². The molecule has 5 nitrogen and oxygen atoms in total. The Hall–Kier alpha value is -0.790. The van der Waals surface area contributed by atoms with Crippen LogP contribution in [0.1, 0.15) is 12.8 Å². The molecule has 1 saturated heterocycles. The molecule has 0 aliphatic carbocycles. The van der Waals surface area contributed by atoms with Crippen molar-refractivity contribution in [2.45, 2.75) is 17.7 Å². The fourth-order valence-corrected chi connectivity index (χ4v) is 3.50. The van der Waals surface area contributed by atoms with Crippen molar-refractivity contribution in [1.82, 2.24) is 4.90 Å². The third kappa shape index (κ3) is 3.86. The van der Waals surface area contributed by atoms with E-state index in [4.69, 9.17) is 15.4 Å². The summed E-state index contributed by atoms with van der Waals surface area (Å²) in [4.78, 5) is 13.4. The van der Waals surface area contributed by atoms with Crippen LogP contribution in [0.5, 0.6) is 5.75 Å². The van der Waals surface area contributed by atoms with Gasteiger partial charge in [0.2, 0.25) is 0 Å². The molecule has 1 aliphatic rings. The molecular formula is C12H13BrClNO4S. The highest BCUT2D eigenvalue weighted by Gasteiger charge is 2.21. The predicted octanol–water partition coefficient (Wildman–Crippen LogP) is 2.38. The molecule has 0 saturated carbocycles. The van der Waals surface area contributed by atoms with E-state index in [1.165, 1.54) is 12.1 Å². The summed E-state index contributed by atoms with van der Waals surface area (Å²) in [5.74, 6) is -0.0703. The van der Waals surface area contributed by atoms with Crippen molar-refractivity contribution >= 4 is 41.6 Å². The molecule has 0 unspecified atom stereocenters. The summed E-state index contributed by atoms with van der Waals surface area (Å²) in [6, 6.07) is 4.44. The van der Waals surface area contributed by atoms with Crippen LogP contribution in [0.2, 0.25) is 0 Å². The van der Waals surface area contributed by atoms with Gasteiger partial charge in [-0.2, -0.15) is 0 Å². The highest BCUT2D eigenvalue weighted by atomic mass is 79.9. The number of ether oxygens (including phenoxy) is 1. The van der Waals surface area contributed by atoms with E-state index >= 15 is 0 Å². The summed E-state index contributed by atoms with van der Waals surface area (Å²) in [6.07, 6.45) is 1.98. The van der Waals surface area contributed by atoms with Crippen LogP contribution < -0.4 is 4.74 Å². The monoisotopic (exact) mass is 381 g/mol. The van der Waals surface area contributed by atoms with Gasteiger partial charge in [0.15, 0.2) is 6.61 Å². The summed E-state index contributed by atoms with van der Waals surface area (Å²) in [7, 11) is 1.42. The van der Waals surface area contributed by atoms with Crippen LogP contribution in [0.15, 0.2) is 27.6 Å². The molecule has 0 atom stereocenters. The average Bonchev–Trinajstić information content (AvgIpc) is 2.89. The van der Waals surface area contributed by atoms with Crippen LogP contribution in [0.3, 0.4) is 0 Å².